The van der Waals surface area contributed by atoms with Crippen LogP contribution < -0.4 is 5.32 Å². The molecule has 0 bridgehead atoms. The van der Waals surface area contributed by atoms with Crippen molar-refractivity contribution in [3.63, 3.8) is 0 Å². The summed E-state index contributed by atoms with van der Waals surface area (Å²) in [7, 11) is 0. The Labute approximate surface area is 98.9 Å². The molecule has 1 amide bonds. The minimum atomic E-state index is 0.00125. The van der Waals surface area contributed by atoms with Crippen molar-refractivity contribution in [2.45, 2.75) is 25.7 Å². The zero-order chi connectivity index (χ0) is 11.4. The molecule has 1 saturated carbocycles. The van der Waals surface area contributed by atoms with Crippen molar-refractivity contribution >= 4 is 23.0 Å². The lowest BCUT2D eigenvalue weighted by atomic mass is 10.1. The SMILES string of the molecule is O=C(CNC(=O)C1CCCC1)c1cccs1. The predicted octanol–water partition coefficient (Wildman–Crippen LogP) is 2.24. The Bertz CT molecular complexity index is 366. The summed E-state index contributed by atoms with van der Waals surface area (Å²) in [4.78, 5) is 24.0. The van der Waals surface area contributed by atoms with Crippen LogP contribution in [0.25, 0.3) is 0 Å². The Balaban J connectivity index is 1.79. The lowest BCUT2D eigenvalue weighted by Crippen LogP contribution is -2.33. The van der Waals surface area contributed by atoms with Crippen molar-refractivity contribution in [1.29, 1.82) is 0 Å². The van der Waals surface area contributed by atoms with Crippen molar-refractivity contribution in [2.75, 3.05) is 6.54 Å². The molecule has 1 aliphatic rings. The number of hydrogen-bond acceptors (Lipinski definition) is 3. The van der Waals surface area contributed by atoms with Crippen molar-refractivity contribution in [3.8, 4) is 0 Å². The highest BCUT2D eigenvalue weighted by Gasteiger charge is 2.22. The summed E-state index contributed by atoms with van der Waals surface area (Å²) in [6.07, 6.45) is 4.21. The van der Waals surface area contributed by atoms with Gasteiger partial charge in [-0.05, 0) is 24.3 Å². The van der Waals surface area contributed by atoms with Crippen LogP contribution in [0.2, 0.25) is 0 Å². The van der Waals surface area contributed by atoms with Crippen LogP contribution in [0.5, 0.6) is 0 Å². The Hall–Kier alpha value is -1.16. The van der Waals surface area contributed by atoms with Gasteiger partial charge in [0.05, 0.1) is 11.4 Å². The third-order valence-corrected chi connectivity index (χ3v) is 3.86. The number of nitrogens with one attached hydrogen (secondary N) is 1. The molecule has 0 aromatic carbocycles. The zero-order valence-corrected chi connectivity index (χ0v) is 9.89. The lowest BCUT2D eigenvalue weighted by molar-refractivity contribution is -0.124. The summed E-state index contributed by atoms with van der Waals surface area (Å²) in [6.45, 7) is 0.135. The Morgan fingerprint density at radius 3 is 2.75 bits per heavy atom. The molecular weight excluding hydrogens is 222 g/mol. The summed E-state index contributed by atoms with van der Waals surface area (Å²) in [6, 6.07) is 3.63. The first-order chi connectivity index (χ1) is 7.77. The van der Waals surface area contributed by atoms with Gasteiger partial charge in [0, 0.05) is 5.92 Å². The number of ketones is 1. The molecule has 0 saturated heterocycles. The molecule has 0 atom stereocenters. The molecule has 3 nitrogen and oxygen atoms in total. The van der Waals surface area contributed by atoms with Gasteiger partial charge in [0.2, 0.25) is 5.91 Å². The number of rotatable bonds is 4. The van der Waals surface area contributed by atoms with Gasteiger partial charge in [-0.25, -0.2) is 0 Å². The van der Waals surface area contributed by atoms with Crippen LogP contribution in [0, 0.1) is 5.92 Å². The highest BCUT2D eigenvalue weighted by molar-refractivity contribution is 7.12. The maximum Gasteiger partial charge on any atom is 0.223 e. The van der Waals surface area contributed by atoms with Gasteiger partial charge in [-0.1, -0.05) is 18.9 Å². The molecule has 0 radical (unpaired) electrons. The molecule has 1 heterocycles. The van der Waals surface area contributed by atoms with E-state index in [4.69, 9.17) is 0 Å². The number of amides is 1. The average Bonchev–Trinajstić information content (AvgIpc) is 2.95. The van der Waals surface area contributed by atoms with Crippen LogP contribution in [0.4, 0.5) is 0 Å². The van der Waals surface area contributed by atoms with Gasteiger partial charge in [-0.3, -0.25) is 9.59 Å². The molecule has 1 aromatic rings. The Morgan fingerprint density at radius 1 is 1.38 bits per heavy atom. The second-order valence-electron chi connectivity index (χ2n) is 4.10. The fourth-order valence-corrected chi connectivity index (χ4v) is 2.69. The van der Waals surface area contributed by atoms with Crippen LogP contribution in [-0.2, 0) is 4.79 Å². The maximum atomic E-state index is 11.7. The van der Waals surface area contributed by atoms with E-state index in [0.29, 0.717) is 4.88 Å². The van der Waals surface area contributed by atoms with E-state index < -0.39 is 0 Å². The Kier molecular flexibility index (Phi) is 3.72. The number of carbonyl (C=O) groups is 2. The van der Waals surface area contributed by atoms with E-state index in [1.54, 1.807) is 6.07 Å². The molecule has 1 fully saturated rings. The number of thiophene rings is 1. The quantitative estimate of drug-likeness (QED) is 0.816. The van der Waals surface area contributed by atoms with Crippen LogP contribution >= 0.6 is 11.3 Å². The van der Waals surface area contributed by atoms with Crippen LogP contribution in [0.15, 0.2) is 17.5 Å². The zero-order valence-electron chi connectivity index (χ0n) is 9.07. The van der Waals surface area contributed by atoms with Crippen molar-refractivity contribution in [3.05, 3.63) is 22.4 Å². The van der Waals surface area contributed by atoms with Gasteiger partial charge >= 0.3 is 0 Å². The fraction of sp³-hybridized carbons (Fsp3) is 0.500. The fourth-order valence-electron chi connectivity index (χ4n) is 2.02. The molecule has 1 aliphatic carbocycles. The second-order valence-corrected chi connectivity index (χ2v) is 5.05. The number of Topliss-reactive ketones (excluding diaryl/α,β-unsaturated/α-hetero) is 1. The lowest BCUT2D eigenvalue weighted by Gasteiger charge is -2.08. The molecule has 4 heteroatoms. The smallest absolute Gasteiger partial charge is 0.223 e. The summed E-state index contributed by atoms with van der Waals surface area (Å²) in [5.41, 5.74) is 0. The van der Waals surface area contributed by atoms with Crippen LogP contribution in [0.3, 0.4) is 0 Å². The number of carbonyl (C=O) groups excluding carboxylic acids is 2. The predicted molar refractivity (Wildman–Crippen MR) is 63.6 cm³/mol. The molecule has 16 heavy (non-hydrogen) atoms. The van der Waals surface area contributed by atoms with Crippen molar-refractivity contribution in [1.82, 2.24) is 5.32 Å². The van der Waals surface area contributed by atoms with E-state index in [2.05, 4.69) is 5.32 Å². The van der Waals surface area contributed by atoms with Crippen molar-refractivity contribution < 1.29 is 9.59 Å². The highest BCUT2D eigenvalue weighted by atomic mass is 32.1. The standard InChI is InChI=1S/C12H15NO2S/c14-10(11-6-3-7-16-11)8-13-12(15)9-4-1-2-5-9/h3,6-7,9H,1-2,4-5,8H2,(H,13,15). The van der Waals surface area contributed by atoms with Gasteiger partial charge in [0.25, 0.3) is 0 Å². The molecule has 86 valence electrons. The molecular formula is C12H15NO2S. The van der Waals surface area contributed by atoms with E-state index in [9.17, 15) is 9.59 Å². The minimum Gasteiger partial charge on any atom is -0.348 e. The first kappa shape index (κ1) is 11.3. The van der Waals surface area contributed by atoms with E-state index >= 15 is 0 Å². The highest BCUT2D eigenvalue weighted by Crippen LogP contribution is 2.24. The third-order valence-electron chi connectivity index (χ3n) is 2.95. The molecule has 2 rings (SSSR count). The summed E-state index contributed by atoms with van der Waals surface area (Å²) in [5, 5.41) is 4.60. The molecule has 0 aliphatic heterocycles. The first-order valence-corrected chi connectivity index (χ1v) is 6.50. The average molecular weight is 237 g/mol. The number of hydrogen-bond donors (Lipinski definition) is 1. The van der Waals surface area contributed by atoms with Crippen LogP contribution in [0.1, 0.15) is 35.4 Å². The van der Waals surface area contributed by atoms with Crippen LogP contribution in [-0.4, -0.2) is 18.2 Å². The maximum absolute atomic E-state index is 11.7. The van der Waals surface area contributed by atoms with Crippen molar-refractivity contribution in [2.24, 2.45) is 5.92 Å². The minimum absolute atomic E-state index is 0.00125. The molecule has 1 N–H and O–H groups in total. The van der Waals surface area contributed by atoms with E-state index in [-0.39, 0.29) is 24.2 Å². The van der Waals surface area contributed by atoms with Gasteiger partial charge in [-0.2, -0.15) is 0 Å². The van der Waals surface area contributed by atoms with Gasteiger partial charge in [0.15, 0.2) is 5.78 Å². The van der Waals surface area contributed by atoms with Gasteiger partial charge in [-0.15, -0.1) is 11.3 Å². The summed E-state index contributed by atoms with van der Waals surface area (Å²) in [5.74, 6) is 0.180. The topological polar surface area (TPSA) is 46.2 Å². The second kappa shape index (κ2) is 5.25. The van der Waals surface area contributed by atoms with Gasteiger partial charge < -0.3 is 5.32 Å². The first-order valence-electron chi connectivity index (χ1n) is 5.62. The summed E-state index contributed by atoms with van der Waals surface area (Å²) < 4.78 is 0. The van der Waals surface area contributed by atoms with E-state index in [1.165, 1.54) is 11.3 Å². The molecule has 1 aromatic heterocycles. The monoisotopic (exact) mass is 237 g/mol. The van der Waals surface area contributed by atoms with E-state index in [1.807, 2.05) is 11.4 Å². The molecule has 0 spiro atoms. The largest absolute Gasteiger partial charge is 0.348 e. The third kappa shape index (κ3) is 2.70. The summed E-state index contributed by atoms with van der Waals surface area (Å²) >= 11 is 1.41. The van der Waals surface area contributed by atoms with E-state index in [0.717, 1.165) is 25.7 Å². The van der Waals surface area contributed by atoms with Gasteiger partial charge in [0.1, 0.15) is 0 Å². The molecule has 0 unspecified atom stereocenters. The Morgan fingerprint density at radius 2 is 2.12 bits per heavy atom. The normalized spacial score (nSPS) is 16.2.